The molecule has 1 fully saturated rings. The first-order valence-corrected chi connectivity index (χ1v) is 8.25. The summed E-state index contributed by atoms with van der Waals surface area (Å²) in [6.07, 6.45) is 0.545. The number of carbonyl (C=O) groups is 2. The first kappa shape index (κ1) is 15.6. The zero-order chi connectivity index (χ0) is 16.6. The molecule has 0 radical (unpaired) electrons. The molecule has 0 aliphatic carbocycles. The van der Waals surface area contributed by atoms with Crippen LogP contribution in [-0.4, -0.2) is 26.3 Å². The van der Waals surface area contributed by atoms with Crippen molar-refractivity contribution in [2.75, 3.05) is 5.33 Å². The third-order valence-electron chi connectivity index (χ3n) is 3.91. The van der Waals surface area contributed by atoms with Gasteiger partial charge in [0.25, 0.3) is 0 Å². The van der Waals surface area contributed by atoms with Crippen LogP contribution in [0, 0.1) is 11.8 Å². The van der Waals surface area contributed by atoms with Crippen LogP contribution < -0.4 is 11.0 Å². The molecular weight excluding hydrogens is 362 g/mol. The third-order valence-corrected chi connectivity index (χ3v) is 4.19. The average molecular weight is 376 g/mol. The Bertz CT molecular complexity index is 930. The van der Waals surface area contributed by atoms with E-state index in [0.717, 1.165) is 5.56 Å². The van der Waals surface area contributed by atoms with Gasteiger partial charge in [0.05, 0.1) is 21.9 Å². The fraction of sp³-hybridized carbons (Fsp3) is 0.312. The van der Waals surface area contributed by atoms with Gasteiger partial charge in [0.15, 0.2) is 0 Å². The van der Waals surface area contributed by atoms with Gasteiger partial charge < -0.3 is 0 Å². The number of nitrogens with zero attached hydrogens (tertiary/aromatic N) is 2. The minimum Gasteiger partial charge on any atom is -0.295 e. The van der Waals surface area contributed by atoms with E-state index in [4.69, 9.17) is 0 Å². The number of para-hydroxylation sites is 1. The SMILES string of the molecule is Cn1c(=O)n(C2CCC(=O)NC2=O)c2cccc(C#CCBr)c21. The van der Waals surface area contributed by atoms with E-state index in [1.807, 2.05) is 12.1 Å². The number of hydrogen-bond donors (Lipinski definition) is 1. The number of nitrogens with one attached hydrogen (secondary N) is 1. The van der Waals surface area contributed by atoms with Crippen molar-refractivity contribution in [3.63, 3.8) is 0 Å². The summed E-state index contributed by atoms with van der Waals surface area (Å²) < 4.78 is 2.95. The molecule has 1 aromatic carbocycles. The van der Waals surface area contributed by atoms with Gasteiger partial charge >= 0.3 is 5.69 Å². The van der Waals surface area contributed by atoms with Crippen molar-refractivity contribution < 1.29 is 9.59 Å². The molecule has 2 aromatic rings. The van der Waals surface area contributed by atoms with Gasteiger partial charge in [0.2, 0.25) is 11.8 Å². The topological polar surface area (TPSA) is 73.1 Å². The Morgan fingerprint density at radius 2 is 2.13 bits per heavy atom. The van der Waals surface area contributed by atoms with E-state index in [1.54, 1.807) is 13.1 Å². The van der Waals surface area contributed by atoms with Crippen LogP contribution >= 0.6 is 15.9 Å². The van der Waals surface area contributed by atoms with Gasteiger partial charge in [-0.15, -0.1) is 0 Å². The fourth-order valence-corrected chi connectivity index (χ4v) is 3.04. The molecule has 1 N–H and O–H groups in total. The van der Waals surface area contributed by atoms with Crippen molar-refractivity contribution in [3.8, 4) is 11.8 Å². The highest BCUT2D eigenvalue weighted by Gasteiger charge is 2.31. The molecule has 0 saturated carbocycles. The lowest BCUT2D eigenvalue weighted by molar-refractivity contribution is -0.135. The monoisotopic (exact) mass is 375 g/mol. The molecule has 1 unspecified atom stereocenters. The van der Waals surface area contributed by atoms with Crippen molar-refractivity contribution in [2.24, 2.45) is 7.05 Å². The molecule has 23 heavy (non-hydrogen) atoms. The van der Waals surface area contributed by atoms with E-state index in [9.17, 15) is 14.4 Å². The van der Waals surface area contributed by atoms with Crippen molar-refractivity contribution >= 4 is 38.8 Å². The largest absolute Gasteiger partial charge is 0.329 e. The summed E-state index contributed by atoms with van der Waals surface area (Å²) in [5.41, 5.74) is 1.78. The van der Waals surface area contributed by atoms with Crippen molar-refractivity contribution in [1.82, 2.24) is 14.5 Å². The van der Waals surface area contributed by atoms with Crippen LogP contribution in [0.4, 0.5) is 0 Å². The predicted octanol–water partition coefficient (Wildman–Crippen LogP) is 1.06. The van der Waals surface area contributed by atoms with E-state index in [1.165, 1.54) is 9.13 Å². The standard InChI is InChI=1S/C16H14BrN3O3/c1-19-14-10(5-3-9-17)4-2-6-11(14)20(16(19)23)12-7-8-13(21)18-15(12)22/h2,4,6,12H,7-9H2,1H3,(H,18,21,22). The molecule has 1 aliphatic heterocycles. The number of carbonyl (C=O) groups excluding carboxylic acids is 2. The Kier molecular flexibility index (Phi) is 4.09. The third kappa shape index (κ3) is 2.59. The number of amides is 2. The average Bonchev–Trinajstić information content (AvgIpc) is 2.78. The minimum absolute atomic E-state index is 0.225. The van der Waals surface area contributed by atoms with E-state index < -0.39 is 11.9 Å². The Morgan fingerprint density at radius 1 is 1.35 bits per heavy atom. The molecule has 6 nitrogen and oxygen atoms in total. The minimum atomic E-state index is -0.678. The zero-order valence-electron chi connectivity index (χ0n) is 12.4. The van der Waals surface area contributed by atoms with Crippen LogP contribution in [-0.2, 0) is 16.6 Å². The second-order valence-electron chi connectivity index (χ2n) is 5.29. The number of alkyl halides is 1. The molecule has 3 rings (SSSR count). The Balaban J connectivity index is 2.23. The van der Waals surface area contributed by atoms with E-state index >= 15 is 0 Å². The number of imidazole rings is 1. The summed E-state index contributed by atoms with van der Waals surface area (Å²) in [6, 6.07) is 4.76. The van der Waals surface area contributed by atoms with Crippen LogP contribution in [0.25, 0.3) is 11.0 Å². The Hall–Kier alpha value is -2.33. The zero-order valence-corrected chi connectivity index (χ0v) is 14.0. The number of hydrogen-bond acceptors (Lipinski definition) is 3. The van der Waals surface area contributed by atoms with E-state index in [0.29, 0.717) is 22.8 Å². The second-order valence-corrected chi connectivity index (χ2v) is 5.85. The van der Waals surface area contributed by atoms with Gasteiger partial charge in [0, 0.05) is 13.5 Å². The molecule has 1 atom stereocenters. The maximum Gasteiger partial charge on any atom is 0.329 e. The Morgan fingerprint density at radius 3 is 2.83 bits per heavy atom. The normalized spacial score (nSPS) is 17.7. The highest BCUT2D eigenvalue weighted by molar-refractivity contribution is 9.09. The maximum atomic E-state index is 12.6. The summed E-state index contributed by atoms with van der Waals surface area (Å²) in [5.74, 6) is 5.20. The highest BCUT2D eigenvalue weighted by atomic mass is 79.9. The quantitative estimate of drug-likeness (QED) is 0.460. The van der Waals surface area contributed by atoms with Crippen LogP contribution in [0.3, 0.4) is 0 Å². The number of piperidine rings is 1. The molecule has 0 bridgehead atoms. The van der Waals surface area contributed by atoms with Crippen LogP contribution in [0.5, 0.6) is 0 Å². The summed E-state index contributed by atoms with van der Waals surface area (Å²) in [4.78, 5) is 36.1. The number of imide groups is 1. The van der Waals surface area contributed by atoms with Gasteiger partial charge in [-0.25, -0.2) is 4.79 Å². The van der Waals surface area contributed by atoms with Crippen LogP contribution in [0.2, 0.25) is 0 Å². The molecule has 7 heteroatoms. The highest BCUT2D eigenvalue weighted by Crippen LogP contribution is 2.24. The Labute approximate surface area is 140 Å². The number of aromatic nitrogens is 2. The van der Waals surface area contributed by atoms with Crippen molar-refractivity contribution in [2.45, 2.75) is 18.9 Å². The van der Waals surface area contributed by atoms with Gasteiger partial charge in [-0.1, -0.05) is 33.8 Å². The number of rotatable bonds is 1. The summed E-state index contributed by atoms with van der Waals surface area (Å²) in [6.45, 7) is 0. The van der Waals surface area contributed by atoms with Crippen LogP contribution in [0.1, 0.15) is 24.4 Å². The fourth-order valence-electron chi connectivity index (χ4n) is 2.90. The van der Waals surface area contributed by atoms with Gasteiger partial charge in [0.1, 0.15) is 6.04 Å². The second kappa shape index (κ2) is 6.05. The summed E-state index contributed by atoms with van der Waals surface area (Å²) in [7, 11) is 1.66. The molecule has 2 amide bonds. The van der Waals surface area contributed by atoms with Gasteiger partial charge in [-0.3, -0.25) is 24.0 Å². The molecular formula is C16H14BrN3O3. The molecule has 2 heterocycles. The van der Waals surface area contributed by atoms with Crippen LogP contribution in [0.15, 0.2) is 23.0 Å². The molecule has 1 aromatic heterocycles. The summed E-state index contributed by atoms with van der Waals surface area (Å²) in [5, 5.41) is 2.83. The van der Waals surface area contributed by atoms with Crippen molar-refractivity contribution in [1.29, 1.82) is 0 Å². The smallest absolute Gasteiger partial charge is 0.295 e. The molecule has 1 saturated heterocycles. The predicted molar refractivity (Wildman–Crippen MR) is 89.3 cm³/mol. The first-order chi connectivity index (χ1) is 11.0. The lowest BCUT2D eigenvalue weighted by Gasteiger charge is -2.21. The number of benzene rings is 1. The lowest BCUT2D eigenvalue weighted by Crippen LogP contribution is -2.44. The number of aryl methyl sites for hydroxylation is 1. The van der Waals surface area contributed by atoms with E-state index in [2.05, 4.69) is 33.1 Å². The van der Waals surface area contributed by atoms with Gasteiger partial charge in [-0.2, -0.15) is 0 Å². The van der Waals surface area contributed by atoms with E-state index in [-0.39, 0.29) is 18.0 Å². The number of fused-ring (bicyclic) bond motifs is 1. The van der Waals surface area contributed by atoms with Gasteiger partial charge in [-0.05, 0) is 18.6 Å². The molecule has 118 valence electrons. The number of halogens is 1. The molecule has 0 spiro atoms. The summed E-state index contributed by atoms with van der Waals surface area (Å²) >= 11 is 3.25. The first-order valence-electron chi connectivity index (χ1n) is 7.13. The molecule has 1 aliphatic rings. The lowest BCUT2D eigenvalue weighted by atomic mass is 10.1. The maximum absolute atomic E-state index is 12.6. The van der Waals surface area contributed by atoms with Crippen molar-refractivity contribution in [3.05, 3.63) is 34.2 Å².